The monoisotopic (exact) mass is 393 g/mol. The van der Waals surface area contributed by atoms with Crippen LogP contribution >= 0.6 is 0 Å². The summed E-state index contributed by atoms with van der Waals surface area (Å²) in [5.41, 5.74) is -0.825. The maximum absolute atomic E-state index is 12.5. The van der Waals surface area contributed by atoms with Gasteiger partial charge >= 0.3 is 6.18 Å². The van der Waals surface area contributed by atoms with E-state index in [9.17, 15) is 18.0 Å². The van der Waals surface area contributed by atoms with Gasteiger partial charge in [-0.05, 0) is 43.9 Å². The van der Waals surface area contributed by atoms with Gasteiger partial charge in [0.05, 0.1) is 0 Å². The average Bonchev–Trinajstić information content (AvgIpc) is 2.81. The molecule has 4 aliphatic heterocycles. The van der Waals surface area contributed by atoms with Crippen LogP contribution in [0.4, 0.5) is 13.2 Å². The minimum Gasteiger partial charge on any atom is -0.345 e. The third-order valence-corrected chi connectivity index (χ3v) is 6.88. The molecule has 27 heavy (non-hydrogen) atoms. The van der Waals surface area contributed by atoms with Gasteiger partial charge in [-0.25, -0.2) is 9.78 Å². The van der Waals surface area contributed by atoms with Gasteiger partial charge < -0.3 is 14.8 Å². The standard InChI is InChI=1S/C18H26F3NO5/c1-9-4-5-12-10(2)13(14(23)22-8-17(19,20)21)24-15-18(12)11(9)6-7-16(3,25-15)26-27-18/h9-13,15H,4-8H2,1-3H3,(H,22,23)/t9-,10-,11+,12+,13-,15-,16-,18-/m1/s1. The minimum atomic E-state index is -4.47. The Kier molecular flexibility index (Phi) is 4.53. The molecular weight excluding hydrogens is 367 g/mol. The first-order chi connectivity index (χ1) is 12.6. The van der Waals surface area contributed by atoms with E-state index >= 15 is 0 Å². The molecule has 6 nitrogen and oxygen atoms in total. The molecule has 1 amide bonds. The van der Waals surface area contributed by atoms with Crippen LogP contribution in [0.5, 0.6) is 0 Å². The van der Waals surface area contributed by atoms with Crippen molar-refractivity contribution in [3.8, 4) is 0 Å². The molecule has 8 atom stereocenters. The van der Waals surface area contributed by atoms with E-state index in [0.717, 1.165) is 19.3 Å². The van der Waals surface area contributed by atoms with Gasteiger partial charge in [-0.15, -0.1) is 0 Å². The second-order valence-electron chi connectivity index (χ2n) is 8.66. The molecule has 154 valence electrons. The Balaban J connectivity index is 1.63. The lowest BCUT2D eigenvalue weighted by Gasteiger charge is -2.60. The number of hydrogen-bond acceptors (Lipinski definition) is 5. The number of rotatable bonds is 2. The van der Waals surface area contributed by atoms with Crippen molar-refractivity contribution in [2.45, 2.75) is 76.4 Å². The van der Waals surface area contributed by atoms with Gasteiger partial charge in [-0.3, -0.25) is 4.79 Å². The van der Waals surface area contributed by atoms with Gasteiger partial charge in [-0.1, -0.05) is 13.8 Å². The molecule has 2 bridgehead atoms. The van der Waals surface area contributed by atoms with Crippen LogP contribution in [0.3, 0.4) is 0 Å². The summed E-state index contributed by atoms with van der Waals surface area (Å²) in [6.45, 7) is 4.39. The molecule has 1 aliphatic carbocycles. The molecule has 1 N–H and O–H groups in total. The van der Waals surface area contributed by atoms with E-state index in [4.69, 9.17) is 19.2 Å². The second-order valence-corrected chi connectivity index (χ2v) is 8.66. The van der Waals surface area contributed by atoms with Crippen LogP contribution in [-0.4, -0.2) is 42.4 Å². The van der Waals surface area contributed by atoms with Gasteiger partial charge in [0.1, 0.15) is 12.6 Å². The SMILES string of the molecule is C[C@H]1[C@H](C(=O)NCC(F)(F)F)O[C@@H]2O[C@@]3(C)CC[C@H]4[C@H](C)CC[C@@H]1[C@@]24OO3. The Morgan fingerprint density at radius 2 is 1.89 bits per heavy atom. The summed E-state index contributed by atoms with van der Waals surface area (Å²) in [5, 5.41) is 1.95. The lowest BCUT2D eigenvalue weighted by molar-refractivity contribution is -0.569. The van der Waals surface area contributed by atoms with Gasteiger partial charge in [0.15, 0.2) is 11.9 Å². The Bertz CT molecular complexity index is 616. The molecule has 0 aromatic carbocycles. The molecule has 0 radical (unpaired) electrons. The summed E-state index contributed by atoms with van der Waals surface area (Å²) < 4.78 is 49.6. The summed E-state index contributed by atoms with van der Waals surface area (Å²) in [6, 6.07) is 0. The maximum Gasteiger partial charge on any atom is 0.405 e. The van der Waals surface area contributed by atoms with Crippen LogP contribution in [0.15, 0.2) is 0 Å². The van der Waals surface area contributed by atoms with E-state index in [0.29, 0.717) is 12.3 Å². The third kappa shape index (κ3) is 3.07. The molecular formula is C18H26F3NO5. The average molecular weight is 393 g/mol. The fourth-order valence-corrected chi connectivity index (χ4v) is 5.49. The molecule has 5 aliphatic rings. The fourth-order valence-electron chi connectivity index (χ4n) is 5.49. The Morgan fingerprint density at radius 1 is 1.15 bits per heavy atom. The number of ether oxygens (including phenoxy) is 2. The van der Waals surface area contributed by atoms with Gasteiger partial charge in [0.25, 0.3) is 0 Å². The summed E-state index contributed by atoms with van der Waals surface area (Å²) in [7, 11) is 0. The summed E-state index contributed by atoms with van der Waals surface area (Å²) >= 11 is 0. The molecule has 9 heteroatoms. The molecule has 0 aromatic heterocycles. The van der Waals surface area contributed by atoms with Crippen LogP contribution in [0, 0.1) is 23.7 Å². The number of halogens is 3. The molecule has 4 saturated heterocycles. The fraction of sp³-hybridized carbons (Fsp3) is 0.944. The van der Waals surface area contributed by atoms with Crippen molar-refractivity contribution in [2.24, 2.45) is 23.7 Å². The number of hydrogen-bond donors (Lipinski definition) is 1. The van der Waals surface area contributed by atoms with Crippen molar-refractivity contribution in [3.63, 3.8) is 0 Å². The summed E-state index contributed by atoms with van der Waals surface area (Å²) in [5.74, 6) is -1.64. The zero-order valence-electron chi connectivity index (χ0n) is 15.7. The minimum absolute atomic E-state index is 0.0956. The molecule has 1 saturated carbocycles. The lowest BCUT2D eigenvalue weighted by Crippen LogP contribution is -2.71. The predicted molar refractivity (Wildman–Crippen MR) is 85.9 cm³/mol. The summed E-state index contributed by atoms with van der Waals surface area (Å²) in [4.78, 5) is 24.1. The van der Waals surface area contributed by atoms with E-state index in [1.165, 1.54) is 0 Å². The quantitative estimate of drug-likeness (QED) is 0.731. The van der Waals surface area contributed by atoms with E-state index in [-0.39, 0.29) is 17.8 Å². The number of nitrogens with one attached hydrogen (secondary N) is 1. The molecule has 0 aromatic rings. The molecule has 5 rings (SSSR count). The first-order valence-electron chi connectivity index (χ1n) is 9.60. The van der Waals surface area contributed by atoms with Gasteiger partial charge in [0.2, 0.25) is 11.7 Å². The van der Waals surface area contributed by atoms with Crippen LogP contribution in [-0.2, 0) is 24.0 Å². The maximum atomic E-state index is 12.5. The van der Waals surface area contributed by atoms with Gasteiger partial charge in [-0.2, -0.15) is 13.2 Å². The van der Waals surface area contributed by atoms with E-state index < -0.39 is 42.4 Å². The number of carbonyl (C=O) groups excluding carboxylic acids is 1. The molecule has 1 spiro atoms. The van der Waals surface area contributed by atoms with Crippen molar-refractivity contribution in [2.75, 3.05) is 6.54 Å². The number of amides is 1. The predicted octanol–water partition coefficient (Wildman–Crippen LogP) is 2.92. The number of carbonyl (C=O) groups is 1. The van der Waals surface area contributed by atoms with E-state index in [2.05, 4.69) is 6.92 Å². The van der Waals surface area contributed by atoms with Gasteiger partial charge in [0, 0.05) is 12.3 Å². The van der Waals surface area contributed by atoms with Crippen molar-refractivity contribution in [3.05, 3.63) is 0 Å². The van der Waals surface area contributed by atoms with Crippen molar-refractivity contribution in [1.29, 1.82) is 0 Å². The van der Waals surface area contributed by atoms with Crippen LogP contribution in [0.2, 0.25) is 0 Å². The summed E-state index contributed by atoms with van der Waals surface area (Å²) in [6.07, 6.45) is -3.09. The highest BCUT2D eigenvalue weighted by Crippen LogP contribution is 2.60. The lowest BCUT2D eigenvalue weighted by atomic mass is 9.57. The van der Waals surface area contributed by atoms with E-state index in [1.807, 2.05) is 12.2 Å². The van der Waals surface area contributed by atoms with Crippen molar-refractivity contribution in [1.82, 2.24) is 5.32 Å². The first-order valence-corrected chi connectivity index (χ1v) is 9.60. The van der Waals surface area contributed by atoms with Crippen LogP contribution in [0.25, 0.3) is 0 Å². The Labute approximate surface area is 156 Å². The Hall–Kier alpha value is -0.900. The van der Waals surface area contributed by atoms with Crippen LogP contribution < -0.4 is 5.32 Å². The topological polar surface area (TPSA) is 66.0 Å². The molecule has 5 fully saturated rings. The highest BCUT2D eigenvalue weighted by molar-refractivity contribution is 5.81. The van der Waals surface area contributed by atoms with E-state index in [1.54, 1.807) is 6.92 Å². The van der Waals surface area contributed by atoms with Crippen molar-refractivity contribution >= 4 is 5.91 Å². The second kappa shape index (κ2) is 6.30. The number of alkyl halides is 3. The highest BCUT2D eigenvalue weighted by Gasteiger charge is 2.69. The van der Waals surface area contributed by atoms with Crippen LogP contribution in [0.1, 0.15) is 46.5 Å². The first kappa shape index (κ1) is 19.4. The smallest absolute Gasteiger partial charge is 0.345 e. The molecule has 4 heterocycles. The van der Waals surface area contributed by atoms with Crippen molar-refractivity contribution < 1.29 is 37.2 Å². The zero-order chi connectivity index (χ0) is 19.6. The normalized spacial score (nSPS) is 49.3. The third-order valence-electron chi connectivity index (χ3n) is 6.88. The largest absolute Gasteiger partial charge is 0.405 e. The Morgan fingerprint density at radius 3 is 2.59 bits per heavy atom. The zero-order valence-corrected chi connectivity index (χ0v) is 15.7. The number of fused-ring (bicyclic) bond motifs is 2. The molecule has 0 unspecified atom stereocenters. The highest BCUT2D eigenvalue weighted by atomic mass is 19.4.